The van der Waals surface area contributed by atoms with Crippen molar-refractivity contribution < 1.29 is 0 Å². The van der Waals surface area contributed by atoms with Crippen molar-refractivity contribution in [2.24, 2.45) is 0 Å². The largest absolute Gasteiger partial charge is 0.372 e. The van der Waals surface area contributed by atoms with Gasteiger partial charge < -0.3 is 10.6 Å². The van der Waals surface area contributed by atoms with Crippen LogP contribution in [0.3, 0.4) is 0 Å². The van der Waals surface area contributed by atoms with Crippen LogP contribution in [0, 0.1) is 0 Å². The lowest BCUT2D eigenvalue weighted by atomic mass is 10.3. The van der Waals surface area contributed by atoms with Crippen molar-refractivity contribution in [2.45, 2.75) is 0 Å². The fraction of sp³-hybridized carbons (Fsp3) is 0.0909. The van der Waals surface area contributed by atoms with Gasteiger partial charge in [0.05, 0.1) is 20.8 Å². The van der Waals surface area contributed by atoms with Gasteiger partial charge in [0.15, 0.2) is 0 Å². The van der Waals surface area contributed by atoms with Crippen molar-refractivity contribution in [3.05, 3.63) is 38.0 Å². The van der Waals surface area contributed by atoms with Gasteiger partial charge in [-0.25, -0.2) is 9.97 Å². The highest BCUT2D eigenvalue weighted by Crippen LogP contribution is 2.35. The summed E-state index contributed by atoms with van der Waals surface area (Å²) >= 11 is 21.3. The summed E-state index contributed by atoms with van der Waals surface area (Å²) in [6.45, 7) is 0. The Labute approximate surface area is 133 Å². The van der Waals surface area contributed by atoms with E-state index in [0.29, 0.717) is 36.9 Å². The van der Waals surface area contributed by atoms with Crippen molar-refractivity contribution in [3.63, 3.8) is 0 Å². The monoisotopic (exact) mass is 380 g/mol. The predicted octanol–water partition coefficient (Wildman–Crippen LogP) is 4.98. The van der Waals surface area contributed by atoms with Gasteiger partial charge in [0.2, 0.25) is 0 Å². The number of aromatic nitrogens is 2. The Hall–Kier alpha value is -0.750. The summed E-state index contributed by atoms with van der Waals surface area (Å²) < 4.78 is 0.694. The first-order valence-corrected chi connectivity index (χ1v) is 7.05. The lowest BCUT2D eigenvalue weighted by Gasteiger charge is -2.12. The van der Waals surface area contributed by atoms with Gasteiger partial charge in [-0.3, -0.25) is 0 Å². The molecule has 0 spiro atoms. The topological polar surface area (TPSA) is 49.8 Å². The molecule has 1 aromatic heterocycles. The van der Waals surface area contributed by atoms with Crippen molar-refractivity contribution >= 4 is 68.1 Å². The van der Waals surface area contributed by atoms with Crippen LogP contribution in [0.4, 0.5) is 17.3 Å². The molecule has 19 heavy (non-hydrogen) atoms. The summed E-state index contributed by atoms with van der Waals surface area (Å²) in [5.74, 6) is 1.23. The number of nitrogens with one attached hydrogen (secondary N) is 2. The van der Waals surface area contributed by atoms with Gasteiger partial charge in [0, 0.05) is 7.05 Å². The molecule has 0 amide bonds. The van der Waals surface area contributed by atoms with Crippen LogP contribution >= 0.6 is 50.7 Å². The van der Waals surface area contributed by atoms with E-state index in [0.717, 1.165) is 0 Å². The van der Waals surface area contributed by atoms with Crippen LogP contribution in [0.25, 0.3) is 0 Å². The van der Waals surface area contributed by atoms with E-state index >= 15 is 0 Å². The van der Waals surface area contributed by atoms with E-state index in [-0.39, 0.29) is 0 Å². The average molecular weight is 382 g/mol. The van der Waals surface area contributed by atoms with Crippen LogP contribution in [0.15, 0.2) is 22.9 Å². The lowest BCUT2D eigenvalue weighted by molar-refractivity contribution is 1.14. The zero-order valence-electron chi connectivity index (χ0n) is 9.64. The minimum atomic E-state index is 0.398. The Morgan fingerprint density at radius 2 is 1.63 bits per heavy atom. The van der Waals surface area contributed by atoms with Crippen molar-refractivity contribution in [1.29, 1.82) is 0 Å². The first-order chi connectivity index (χ1) is 9.02. The summed E-state index contributed by atoms with van der Waals surface area (Å²) in [6.07, 6.45) is 1.43. The second-order valence-electron chi connectivity index (χ2n) is 3.51. The molecule has 100 valence electrons. The zero-order valence-corrected chi connectivity index (χ0v) is 13.5. The zero-order chi connectivity index (χ0) is 14.0. The van der Waals surface area contributed by atoms with Gasteiger partial charge in [-0.15, -0.1) is 0 Å². The van der Waals surface area contributed by atoms with Crippen LogP contribution in [0.2, 0.25) is 15.1 Å². The van der Waals surface area contributed by atoms with E-state index in [1.165, 1.54) is 6.33 Å². The second-order valence-corrected chi connectivity index (χ2v) is 5.52. The van der Waals surface area contributed by atoms with Gasteiger partial charge in [0.1, 0.15) is 22.4 Å². The molecular formula is C11H8BrCl3N4. The van der Waals surface area contributed by atoms with Gasteiger partial charge in [0.25, 0.3) is 0 Å². The van der Waals surface area contributed by atoms with E-state index in [4.69, 9.17) is 34.8 Å². The molecule has 0 aliphatic heterocycles. The maximum Gasteiger partial charge on any atom is 0.150 e. The van der Waals surface area contributed by atoms with Crippen LogP contribution < -0.4 is 10.6 Å². The molecule has 0 saturated carbocycles. The molecule has 0 radical (unpaired) electrons. The van der Waals surface area contributed by atoms with E-state index in [2.05, 4.69) is 36.5 Å². The Morgan fingerprint density at radius 3 is 2.32 bits per heavy atom. The number of hydrogen-bond acceptors (Lipinski definition) is 4. The molecule has 0 unspecified atom stereocenters. The van der Waals surface area contributed by atoms with Crippen molar-refractivity contribution in [1.82, 2.24) is 9.97 Å². The molecule has 0 aliphatic carbocycles. The SMILES string of the molecule is CNc1ncnc(Nc2cc(Cl)c(Cl)cc2Cl)c1Br. The molecule has 1 heterocycles. The summed E-state index contributed by atoms with van der Waals surface area (Å²) in [6, 6.07) is 3.21. The molecule has 0 aliphatic rings. The molecule has 2 aromatic rings. The van der Waals surface area contributed by atoms with Crippen molar-refractivity contribution in [2.75, 3.05) is 17.7 Å². The number of rotatable bonds is 3. The highest BCUT2D eigenvalue weighted by molar-refractivity contribution is 9.10. The van der Waals surface area contributed by atoms with Crippen LogP contribution in [-0.2, 0) is 0 Å². The van der Waals surface area contributed by atoms with E-state index in [1.54, 1.807) is 19.2 Å². The number of benzene rings is 1. The highest BCUT2D eigenvalue weighted by Gasteiger charge is 2.11. The van der Waals surface area contributed by atoms with Crippen LogP contribution in [0.5, 0.6) is 0 Å². The minimum Gasteiger partial charge on any atom is -0.372 e. The third kappa shape index (κ3) is 3.23. The molecule has 4 nitrogen and oxygen atoms in total. The fourth-order valence-electron chi connectivity index (χ4n) is 1.38. The number of anilines is 3. The Morgan fingerprint density at radius 1 is 1.00 bits per heavy atom. The van der Waals surface area contributed by atoms with Gasteiger partial charge in [-0.1, -0.05) is 34.8 Å². The predicted molar refractivity (Wildman–Crippen MR) is 84.0 cm³/mol. The normalized spacial score (nSPS) is 10.4. The molecule has 0 atom stereocenters. The molecular weight excluding hydrogens is 374 g/mol. The van der Waals surface area contributed by atoms with E-state index < -0.39 is 0 Å². The lowest BCUT2D eigenvalue weighted by Crippen LogP contribution is -2.00. The molecule has 0 fully saturated rings. The molecule has 2 N–H and O–H groups in total. The third-order valence-corrected chi connectivity index (χ3v) is 4.08. The van der Waals surface area contributed by atoms with Crippen LogP contribution in [0.1, 0.15) is 0 Å². The van der Waals surface area contributed by atoms with Gasteiger partial charge >= 0.3 is 0 Å². The minimum absolute atomic E-state index is 0.398. The summed E-state index contributed by atoms with van der Waals surface area (Å²) in [7, 11) is 1.77. The van der Waals surface area contributed by atoms with E-state index in [1.807, 2.05) is 0 Å². The van der Waals surface area contributed by atoms with E-state index in [9.17, 15) is 0 Å². The molecule has 2 rings (SSSR count). The number of nitrogens with zero attached hydrogens (tertiary/aromatic N) is 2. The summed E-state index contributed by atoms with van der Waals surface area (Å²) in [5.41, 5.74) is 0.609. The Kier molecular flexibility index (Phi) is 4.73. The standard InChI is InChI=1S/C11H8BrCl3N4/c1-16-10-9(12)11(18-4-17-10)19-8-3-6(14)5(13)2-7(8)15/h2-4H,1H3,(H2,16,17,18,19). The number of hydrogen-bond donors (Lipinski definition) is 2. The smallest absolute Gasteiger partial charge is 0.150 e. The fourth-order valence-corrected chi connectivity index (χ4v) is 2.47. The van der Waals surface area contributed by atoms with Gasteiger partial charge in [-0.05, 0) is 28.1 Å². The molecule has 0 saturated heterocycles. The molecule has 0 bridgehead atoms. The average Bonchev–Trinajstić information content (AvgIpc) is 2.38. The second kappa shape index (κ2) is 6.13. The van der Waals surface area contributed by atoms with Gasteiger partial charge in [-0.2, -0.15) is 0 Å². The van der Waals surface area contributed by atoms with Crippen molar-refractivity contribution in [3.8, 4) is 0 Å². The van der Waals surface area contributed by atoms with Crippen LogP contribution in [-0.4, -0.2) is 17.0 Å². The first-order valence-electron chi connectivity index (χ1n) is 5.12. The molecule has 1 aromatic carbocycles. The Balaban J connectivity index is 2.39. The summed E-state index contributed by atoms with van der Waals surface area (Å²) in [5, 5.41) is 7.27. The molecule has 8 heteroatoms. The maximum absolute atomic E-state index is 6.10. The quantitative estimate of drug-likeness (QED) is 0.735. The maximum atomic E-state index is 6.10. The number of halogens is 4. The Bertz CT molecular complexity index is 621. The highest BCUT2D eigenvalue weighted by atomic mass is 79.9. The summed E-state index contributed by atoms with van der Waals surface area (Å²) in [4.78, 5) is 8.20. The third-order valence-electron chi connectivity index (χ3n) is 2.29. The first kappa shape index (κ1) is 14.7.